The molecule has 2 saturated heterocycles. The molecule has 0 spiro atoms. The van der Waals surface area contributed by atoms with Crippen molar-refractivity contribution in [2.24, 2.45) is 0 Å². The number of carbonyl (C=O) groups is 1. The van der Waals surface area contributed by atoms with E-state index in [1.54, 1.807) is 12.3 Å². The fourth-order valence-electron chi connectivity index (χ4n) is 5.53. The zero-order valence-electron chi connectivity index (χ0n) is 24.5. The van der Waals surface area contributed by atoms with Crippen LogP contribution >= 0.6 is 0 Å². The first-order valence-electron chi connectivity index (χ1n) is 14.5. The van der Waals surface area contributed by atoms with Crippen molar-refractivity contribution < 1.29 is 18.0 Å². The minimum Gasteiger partial charge on any atom is -0.332 e. The molecule has 3 N–H and O–H groups in total. The number of nitrogens with one attached hydrogen (secondary N) is 3. The van der Waals surface area contributed by atoms with Crippen molar-refractivity contribution in [2.75, 3.05) is 51.6 Å². The Balaban J connectivity index is 1.22. The lowest BCUT2D eigenvalue weighted by Crippen LogP contribution is -2.52. The largest absolute Gasteiger partial charge is 0.416 e. The van der Waals surface area contributed by atoms with E-state index in [0.717, 1.165) is 64.4 Å². The van der Waals surface area contributed by atoms with Crippen molar-refractivity contribution in [3.63, 3.8) is 0 Å². The lowest BCUT2D eigenvalue weighted by Gasteiger charge is -2.42. The summed E-state index contributed by atoms with van der Waals surface area (Å²) in [4.78, 5) is 31.0. The van der Waals surface area contributed by atoms with Crippen LogP contribution in [-0.4, -0.2) is 94.1 Å². The van der Waals surface area contributed by atoms with E-state index in [1.165, 1.54) is 36.7 Å². The predicted octanol–water partition coefficient (Wildman–Crippen LogP) is 4.35. The molecular weight excluding hydrogens is 569 g/mol. The number of anilines is 1. The summed E-state index contributed by atoms with van der Waals surface area (Å²) in [6.07, 6.45) is 5.97. The molecule has 4 heterocycles. The molecule has 2 aliphatic heterocycles. The Bertz CT molecular complexity index is 1560. The smallest absolute Gasteiger partial charge is 0.332 e. The lowest BCUT2D eigenvalue weighted by molar-refractivity contribution is -0.138. The number of piperidine rings is 1. The summed E-state index contributed by atoms with van der Waals surface area (Å²) >= 11 is 0. The second-order valence-corrected chi connectivity index (χ2v) is 11.1. The number of pyridine rings is 1. The van der Waals surface area contributed by atoms with E-state index in [1.807, 2.05) is 0 Å². The maximum absolute atomic E-state index is 14.1. The molecule has 1 aromatic carbocycles. The molecule has 0 unspecified atom stereocenters. The number of piperazine rings is 1. The molecule has 0 radical (unpaired) electrons. The molecule has 2 aliphatic rings. The van der Waals surface area contributed by atoms with Gasteiger partial charge in [-0.3, -0.25) is 19.6 Å². The third kappa shape index (κ3) is 8.19. The van der Waals surface area contributed by atoms with E-state index in [2.05, 4.69) is 53.9 Å². The second kappa shape index (κ2) is 14.0. The number of allylic oxidation sites excluding steroid dienone is 1. The number of rotatable bonds is 7. The van der Waals surface area contributed by atoms with Gasteiger partial charge in [0, 0.05) is 68.6 Å². The number of halogens is 3. The molecule has 12 heteroatoms. The summed E-state index contributed by atoms with van der Waals surface area (Å²) in [5, 5.41) is 9.61. The quantitative estimate of drug-likeness (QED) is 0.274. The van der Waals surface area contributed by atoms with Crippen LogP contribution in [0.5, 0.6) is 0 Å². The number of H-pyrrole nitrogens is 1. The van der Waals surface area contributed by atoms with Gasteiger partial charge in [0.05, 0.1) is 17.3 Å². The molecule has 1 amide bonds. The van der Waals surface area contributed by atoms with Crippen LogP contribution in [0.1, 0.15) is 51.4 Å². The van der Waals surface area contributed by atoms with Crippen molar-refractivity contribution in [1.29, 1.82) is 5.41 Å². The van der Waals surface area contributed by atoms with Gasteiger partial charge in [-0.1, -0.05) is 12.0 Å². The zero-order valence-corrected chi connectivity index (χ0v) is 24.5. The Labute approximate surface area is 254 Å². The summed E-state index contributed by atoms with van der Waals surface area (Å²) in [5.41, 5.74) is 0.651. The number of alkyl halides is 3. The highest BCUT2D eigenvalue weighted by atomic mass is 19.4. The van der Waals surface area contributed by atoms with Crippen LogP contribution in [0.4, 0.5) is 18.9 Å². The van der Waals surface area contributed by atoms with E-state index in [9.17, 15) is 18.0 Å². The second-order valence-electron chi connectivity index (χ2n) is 11.1. The van der Waals surface area contributed by atoms with Crippen molar-refractivity contribution in [2.45, 2.75) is 31.6 Å². The number of amides is 1. The van der Waals surface area contributed by atoms with Gasteiger partial charge in [0.25, 0.3) is 5.91 Å². The number of hydrogen-bond acceptors (Lipinski definition) is 7. The fourth-order valence-corrected chi connectivity index (χ4v) is 5.53. The Morgan fingerprint density at radius 3 is 2.59 bits per heavy atom. The zero-order chi connectivity index (χ0) is 31.1. The maximum atomic E-state index is 14.1. The highest BCUT2D eigenvalue weighted by molar-refractivity contribution is 6.04. The van der Waals surface area contributed by atoms with Crippen molar-refractivity contribution >= 4 is 23.9 Å². The van der Waals surface area contributed by atoms with Crippen molar-refractivity contribution in [1.82, 2.24) is 29.7 Å². The molecule has 0 aliphatic carbocycles. The van der Waals surface area contributed by atoms with Gasteiger partial charge < -0.3 is 20.6 Å². The topological polar surface area (TPSA) is 104 Å². The number of imidazole rings is 1. The molecule has 5 rings (SSSR count). The Morgan fingerprint density at radius 2 is 1.86 bits per heavy atom. The summed E-state index contributed by atoms with van der Waals surface area (Å²) in [5.74, 6) is 5.74. The molecule has 2 fully saturated rings. The number of aromatic nitrogens is 3. The average Bonchev–Trinajstić information content (AvgIpc) is 3.48. The Morgan fingerprint density at radius 1 is 1.09 bits per heavy atom. The Hall–Kier alpha value is -4.31. The average molecular weight is 605 g/mol. The third-order valence-corrected chi connectivity index (χ3v) is 7.97. The predicted molar refractivity (Wildman–Crippen MR) is 163 cm³/mol. The van der Waals surface area contributed by atoms with Crippen LogP contribution in [0.25, 0.3) is 6.08 Å². The van der Waals surface area contributed by atoms with Crippen LogP contribution in [0.15, 0.2) is 48.9 Å². The monoisotopic (exact) mass is 604 g/mol. The highest BCUT2D eigenvalue weighted by Gasteiger charge is 2.35. The number of hydrogen-bond donors (Lipinski definition) is 3. The molecule has 0 atom stereocenters. The number of likely N-dealkylation sites (tertiary alicyclic amines) is 1. The van der Waals surface area contributed by atoms with Gasteiger partial charge in [0.15, 0.2) is 0 Å². The van der Waals surface area contributed by atoms with E-state index in [4.69, 9.17) is 5.41 Å². The van der Waals surface area contributed by atoms with E-state index < -0.39 is 17.6 Å². The van der Waals surface area contributed by atoms with Gasteiger partial charge in [0.2, 0.25) is 0 Å². The van der Waals surface area contributed by atoms with Crippen LogP contribution in [-0.2, 0) is 12.7 Å². The SMILES string of the molecule is CN1CCN(C2CCN(Cc3ccc(NC(=O)c4cncc(C#Cc5cnc(/C=C\C=N)[nH]5)c4)cc3C(F)(F)F)CC2)CC1. The van der Waals surface area contributed by atoms with Crippen molar-refractivity contribution in [3.05, 3.63) is 82.7 Å². The summed E-state index contributed by atoms with van der Waals surface area (Å²) < 4.78 is 42.4. The number of nitrogens with zero attached hydrogens (tertiary/aromatic N) is 5. The molecule has 2 aromatic heterocycles. The summed E-state index contributed by atoms with van der Waals surface area (Å²) in [7, 11) is 2.13. The highest BCUT2D eigenvalue weighted by Crippen LogP contribution is 2.35. The summed E-state index contributed by atoms with van der Waals surface area (Å²) in [6.45, 7) is 5.89. The first-order chi connectivity index (χ1) is 21.2. The van der Waals surface area contributed by atoms with Gasteiger partial charge in [-0.2, -0.15) is 13.2 Å². The molecule has 0 bridgehead atoms. The van der Waals surface area contributed by atoms with Crippen molar-refractivity contribution in [3.8, 4) is 11.8 Å². The lowest BCUT2D eigenvalue weighted by atomic mass is 10.00. The van der Waals surface area contributed by atoms with Gasteiger partial charge in [-0.05, 0) is 74.8 Å². The van der Waals surface area contributed by atoms with Gasteiger partial charge >= 0.3 is 6.18 Å². The molecule has 3 aromatic rings. The number of likely N-dealkylation sites (N-methyl/N-ethyl adjacent to an activating group) is 1. The van der Waals surface area contributed by atoms with Gasteiger partial charge in [-0.25, -0.2) is 4.98 Å². The first-order valence-corrected chi connectivity index (χ1v) is 14.5. The van der Waals surface area contributed by atoms with Crippen LogP contribution < -0.4 is 5.32 Å². The van der Waals surface area contributed by atoms with E-state index in [0.29, 0.717) is 23.1 Å². The molecule has 9 nitrogen and oxygen atoms in total. The first kappa shape index (κ1) is 31.1. The van der Waals surface area contributed by atoms with E-state index >= 15 is 0 Å². The molecule has 0 saturated carbocycles. The van der Waals surface area contributed by atoms with E-state index in [-0.39, 0.29) is 23.4 Å². The maximum Gasteiger partial charge on any atom is 0.416 e. The normalized spacial score (nSPS) is 17.4. The standard InChI is InChI=1S/C32H35F3N8O/c1-41-13-15-43(16-14-41)28-8-11-42(12-9-28)22-24-5-7-26(18-29(24)32(33,34)35)40-31(44)25-17-23(19-37-20-25)4-6-27-21-38-30(39-27)3-2-10-36/h2-3,5,7,10,17-21,28,36H,8-9,11-16,22H2,1H3,(H,38,39)(H,40,44)/b3-2-,36-10?. The number of benzene rings is 1. The van der Waals surface area contributed by atoms with Gasteiger partial charge in [0.1, 0.15) is 11.5 Å². The number of carbonyl (C=O) groups excluding carboxylic acids is 1. The summed E-state index contributed by atoms with van der Waals surface area (Å²) in [6, 6.07) is 5.98. The van der Waals surface area contributed by atoms with Crippen LogP contribution in [0.3, 0.4) is 0 Å². The minimum absolute atomic E-state index is 0.0549. The van der Waals surface area contributed by atoms with Crippen LogP contribution in [0.2, 0.25) is 0 Å². The number of aromatic amines is 1. The Kier molecular flexibility index (Phi) is 9.89. The third-order valence-electron chi connectivity index (χ3n) is 7.97. The molecule has 230 valence electrons. The van der Waals surface area contributed by atoms with Gasteiger partial charge in [-0.15, -0.1) is 0 Å². The fraction of sp³-hybridized carbons (Fsp3) is 0.375. The van der Waals surface area contributed by atoms with Crippen LogP contribution in [0, 0.1) is 17.3 Å². The molecular formula is C32H35F3N8O. The minimum atomic E-state index is -4.56. The molecule has 44 heavy (non-hydrogen) atoms.